The van der Waals surface area contributed by atoms with E-state index >= 15 is 0 Å². The van der Waals surface area contributed by atoms with E-state index in [2.05, 4.69) is 9.97 Å². The Morgan fingerprint density at radius 1 is 1.17 bits per heavy atom. The molecule has 0 saturated heterocycles. The van der Waals surface area contributed by atoms with Crippen molar-refractivity contribution in [3.8, 4) is 10.4 Å². The Morgan fingerprint density at radius 3 is 2.79 bits per heavy atom. The second kappa shape index (κ2) is 6.61. The number of thiophene rings is 1. The first-order chi connectivity index (χ1) is 11.7. The SMILES string of the molecule is O=C1CCCCC1Sc1ncnc2cc(-c3ccc(F)cc3)sc12. The number of nitrogens with zero attached hydrogens (tertiary/aromatic N) is 2. The van der Waals surface area contributed by atoms with Crippen LogP contribution in [0.5, 0.6) is 0 Å². The molecule has 0 spiro atoms. The summed E-state index contributed by atoms with van der Waals surface area (Å²) in [6.07, 6.45) is 5.26. The Morgan fingerprint density at radius 2 is 2.00 bits per heavy atom. The summed E-state index contributed by atoms with van der Waals surface area (Å²) < 4.78 is 14.1. The van der Waals surface area contributed by atoms with Gasteiger partial charge in [-0.2, -0.15) is 0 Å². The monoisotopic (exact) mass is 358 g/mol. The average molecular weight is 358 g/mol. The van der Waals surface area contributed by atoms with Gasteiger partial charge in [-0.15, -0.1) is 11.3 Å². The van der Waals surface area contributed by atoms with Crippen molar-refractivity contribution >= 4 is 39.1 Å². The molecule has 1 aliphatic rings. The molecule has 6 heteroatoms. The highest BCUT2D eigenvalue weighted by atomic mass is 32.2. The van der Waals surface area contributed by atoms with E-state index < -0.39 is 0 Å². The minimum atomic E-state index is -0.244. The predicted molar refractivity (Wildman–Crippen MR) is 95.9 cm³/mol. The van der Waals surface area contributed by atoms with Crippen molar-refractivity contribution in [2.45, 2.75) is 36.0 Å². The Bertz CT molecular complexity index is 892. The van der Waals surface area contributed by atoms with Gasteiger partial charge in [0.15, 0.2) is 0 Å². The summed E-state index contributed by atoms with van der Waals surface area (Å²) in [6, 6.07) is 8.46. The zero-order valence-corrected chi connectivity index (χ0v) is 14.5. The lowest BCUT2D eigenvalue weighted by Crippen LogP contribution is -2.21. The Kier molecular flexibility index (Phi) is 4.33. The van der Waals surface area contributed by atoms with Gasteiger partial charge in [-0.3, -0.25) is 4.79 Å². The minimum Gasteiger partial charge on any atom is -0.298 e. The van der Waals surface area contributed by atoms with Crippen LogP contribution in [-0.4, -0.2) is 21.0 Å². The maximum atomic E-state index is 13.1. The van der Waals surface area contributed by atoms with Crippen molar-refractivity contribution in [1.82, 2.24) is 9.97 Å². The number of halogens is 1. The number of carbonyl (C=O) groups excluding carboxylic acids is 1. The van der Waals surface area contributed by atoms with Gasteiger partial charge in [0, 0.05) is 11.3 Å². The van der Waals surface area contributed by atoms with Gasteiger partial charge in [0.05, 0.1) is 15.5 Å². The highest BCUT2D eigenvalue weighted by Crippen LogP contribution is 2.39. The molecule has 0 N–H and O–H groups in total. The van der Waals surface area contributed by atoms with E-state index in [1.54, 1.807) is 41.6 Å². The van der Waals surface area contributed by atoms with Crippen molar-refractivity contribution < 1.29 is 9.18 Å². The van der Waals surface area contributed by atoms with E-state index in [-0.39, 0.29) is 11.1 Å². The molecule has 2 aromatic heterocycles. The predicted octanol–water partition coefficient (Wildman–Crippen LogP) is 5.10. The van der Waals surface area contributed by atoms with Crippen molar-refractivity contribution in [2.75, 3.05) is 0 Å². The lowest BCUT2D eigenvalue weighted by molar-refractivity contribution is -0.119. The smallest absolute Gasteiger partial charge is 0.146 e. The molecule has 2 heterocycles. The Hall–Kier alpha value is -1.79. The molecule has 1 fully saturated rings. The van der Waals surface area contributed by atoms with Crippen LogP contribution in [0.2, 0.25) is 0 Å². The summed E-state index contributed by atoms with van der Waals surface area (Å²) in [5, 5.41) is 0.881. The number of Topliss-reactive ketones (excluding diaryl/α,β-unsaturated/α-hetero) is 1. The molecular formula is C18H15FN2OS2. The molecule has 1 unspecified atom stereocenters. The quantitative estimate of drug-likeness (QED) is 0.611. The van der Waals surface area contributed by atoms with Crippen LogP contribution in [-0.2, 0) is 4.79 Å². The zero-order valence-electron chi connectivity index (χ0n) is 12.9. The fraction of sp³-hybridized carbons (Fsp3) is 0.278. The standard InChI is InChI=1S/C18H15FN2OS2/c19-12-7-5-11(6-8-12)16-9-13-17(23-16)18(21-10-20-13)24-15-4-2-1-3-14(15)22/h5-10,15H,1-4H2. The van der Waals surface area contributed by atoms with Gasteiger partial charge in [0.1, 0.15) is 23.0 Å². The highest BCUT2D eigenvalue weighted by Gasteiger charge is 2.25. The third-order valence-corrected chi connectivity index (χ3v) is 6.78. The number of aromatic nitrogens is 2. The summed E-state index contributed by atoms with van der Waals surface area (Å²) in [7, 11) is 0. The molecule has 24 heavy (non-hydrogen) atoms. The van der Waals surface area contributed by atoms with Crippen LogP contribution >= 0.6 is 23.1 Å². The number of carbonyl (C=O) groups is 1. The summed E-state index contributed by atoms with van der Waals surface area (Å²) >= 11 is 3.16. The lowest BCUT2D eigenvalue weighted by Gasteiger charge is -2.19. The van der Waals surface area contributed by atoms with E-state index in [1.807, 2.05) is 6.07 Å². The fourth-order valence-corrected chi connectivity index (χ4v) is 5.28. The molecule has 122 valence electrons. The molecule has 3 aromatic rings. The molecule has 3 nitrogen and oxygen atoms in total. The van der Waals surface area contributed by atoms with Crippen LogP contribution in [0.15, 0.2) is 41.7 Å². The van der Waals surface area contributed by atoms with Crippen molar-refractivity contribution in [1.29, 1.82) is 0 Å². The van der Waals surface area contributed by atoms with Gasteiger partial charge in [0.2, 0.25) is 0 Å². The molecule has 0 radical (unpaired) electrons. The van der Waals surface area contributed by atoms with Crippen LogP contribution in [0.4, 0.5) is 4.39 Å². The van der Waals surface area contributed by atoms with Crippen molar-refractivity contribution in [2.24, 2.45) is 0 Å². The van der Waals surface area contributed by atoms with E-state index in [4.69, 9.17) is 0 Å². The first-order valence-corrected chi connectivity index (χ1v) is 9.60. The largest absolute Gasteiger partial charge is 0.298 e. The van der Waals surface area contributed by atoms with Gasteiger partial charge in [0.25, 0.3) is 0 Å². The topological polar surface area (TPSA) is 42.9 Å². The van der Waals surface area contributed by atoms with Crippen LogP contribution in [0.25, 0.3) is 20.7 Å². The number of thioether (sulfide) groups is 1. The van der Waals surface area contributed by atoms with Crippen molar-refractivity contribution in [3.05, 3.63) is 42.5 Å². The molecule has 0 aliphatic heterocycles. The zero-order chi connectivity index (χ0) is 16.5. The minimum absolute atomic E-state index is 0.00761. The third-order valence-electron chi connectivity index (χ3n) is 4.16. The van der Waals surface area contributed by atoms with Crippen LogP contribution in [0.1, 0.15) is 25.7 Å². The van der Waals surface area contributed by atoms with E-state index in [0.29, 0.717) is 12.2 Å². The fourth-order valence-electron chi connectivity index (χ4n) is 2.88. The number of benzene rings is 1. The summed E-state index contributed by atoms with van der Waals surface area (Å²) in [5.74, 6) is 0.0834. The Labute approximate surface area is 147 Å². The number of hydrogen-bond donors (Lipinski definition) is 0. The number of hydrogen-bond acceptors (Lipinski definition) is 5. The van der Waals surface area contributed by atoms with E-state index in [9.17, 15) is 9.18 Å². The number of rotatable bonds is 3. The molecule has 1 atom stereocenters. The average Bonchev–Trinajstić information content (AvgIpc) is 3.03. The molecule has 0 bridgehead atoms. The van der Waals surface area contributed by atoms with Crippen molar-refractivity contribution in [3.63, 3.8) is 0 Å². The van der Waals surface area contributed by atoms with Crippen LogP contribution < -0.4 is 0 Å². The number of ketones is 1. The first-order valence-electron chi connectivity index (χ1n) is 7.90. The van der Waals surface area contributed by atoms with Gasteiger partial charge in [-0.05, 0) is 36.6 Å². The molecule has 1 aliphatic carbocycles. The van der Waals surface area contributed by atoms with Gasteiger partial charge < -0.3 is 0 Å². The molecule has 4 rings (SSSR count). The maximum absolute atomic E-state index is 13.1. The summed E-state index contributed by atoms with van der Waals surface area (Å²) in [6.45, 7) is 0. The van der Waals surface area contributed by atoms with Gasteiger partial charge in [-0.1, -0.05) is 30.3 Å². The molecule has 1 aromatic carbocycles. The summed E-state index contributed by atoms with van der Waals surface area (Å²) in [5.41, 5.74) is 1.84. The first kappa shape index (κ1) is 15.7. The molecule has 1 saturated carbocycles. The number of fused-ring (bicyclic) bond motifs is 1. The molecule has 0 amide bonds. The third kappa shape index (κ3) is 3.08. The Balaban J connectivity index is 1.69. The lowest BCUT2D eigenvalue weighted by atomic mass is 9.99. The second-order valence-electron chi connectivity index (χ2n) is 5.83. The summed E-state index contributed by atoms with van der Waals surface area (Å²) in [4.78, 5) is 21.9. The second-order valence-corrected chi connectivity index (χ2v) is 8.07. The van der Waals surface area contributed by atoms with Crippen LogP contribution in [0.3, 0.4) is 0 Å². The maximum Gasteiger partial charge on any atom is 0.146 e. The normalized spacial score (nSPS) is 18.2. The van der Waals surface area contributed by atoms with Gasteiger partial charge >= 0.3 is 0 Å². The van der Waals surface area contributed by atoms with E-state index in [1.165, 1.54) is 12.1 Å². The molecular weight excluding hydrogens is 343 g/mol. The highest BCUT2D eigenvalue weighted by molar-refractivity contribution is 8.00. The van der Waals surface area contributed by atoms with Crippen LogP contribution in [0, 0.1) is 5.82 Å². The van der Waals surface area contributed by atoms with Gasteiger partial charge in [-0.25, -0.2) is 14.4 Å². The van der Waals surface area contributed by atoms with E-state index in [0.717, 1.165) is 44.9 Å².